The van der Waals surface area contributed by atoms with Crippen LogP contribution in [0.3, 0.4) is 0 Å². The maximum atomic E-state index is 13.8. The van der Waals surface area contributed by atoms with Crippen molar-refractivity contribution in [3.05, 3.63) is 34.0 Å². The molecule has 0 aliphatic carbocycles. The third-order valence-electron chi connectivity index (χ3n) is 2.59. The Balaban J connectivity index is 2.94. The van der Waals surface area contributed by atoms with Crippen molar-refractivity contribution >= 4 is 17.5 Å². The molecule has 0 spiro atoms. The maximum absolute atomic E-state index is 13.8. The molecular weight excluding hydrogens is 239 g/mol. The molecule has 0 aromatic carbocycles. The Kier molecular flexibility index (Phi) is 3.10. The number of halogens is 1. The minimum absolute atomic E-state index is 0.141. The van der Waals surface area contributed by atoms with Crippen LogP contribution >= 0.6 is 0 Å². The molecule has 0 saturated carbocycles. The van der Waals surface area contributed by atoms with Gasteiger partial charge in [0.05, 0.1) is 6.20 Å². The van der Waals surface area contributed by atoms with Gasteiger partial charge in [0.2, 0.25) is 5.43 Å². The topological polar surface area (TPSA) is 61.2 Å². The van der Waals surface area contributed by atoms with Gasteiger partial charge in [0, 0.05) is 12.2 Å². The van der Waals surface area contributed by atoms with Gasteiger partial charge in [-0.1, -0.05) is 0 Å². The molecule has 5 nitrogen and oxygen atoms in total. The number of ether oxygens (including phenoxy) is 1. The van der Waals surface area contributed by atoms with Gasteiger partial charge in [-0.2, -0.15) is 0 Å². The van der Waals surface area contributed by atoms with Crippen LogP contribution < -0.4 is 10.2 Å². The molecule has 0 fully saturated rings. The van der Waals surface area contributed by atoms with Crippen molar-refractivity contribution in [2.75, 3.05) is 0 Å². The molecule has 0 radical (unpaired) electrons. The molecular formula is C12H11FN2O3. The van der Waals surface area contributed by atoms with E-state index in [4.69, 9.17) is 0 Å². The summed E-state index contributed by atoms with van der Waals surface area (Å²) >= 11 is 0. The van der Waals surface area contributed by atoms with Crippen LogP contribution in [0.25, 0.3) is 11.0 Å². The number of fused-ring (bicyclic) bond motifs is 1. The fraction of sp³-hybridized carbons (Fsp3) is 0.250. The number of hydrogen-bond acceptors (Lipinski definition) is 4. The summed E-state index contributed by atoms with van der Waals surface area (Å²) in [5.74, 6) is -0.870. The first-order valence-electron chi connectivity index (χ1n) is 5.39. The molecule has 94 valence electrons. The van der Waals surface area contributed by atoms with E-state index in [1.807, 2.05) is 6.92 Å². The SMILES string of the molecule is CCn1cc(OC=O)c(=O)c2c(F)cc(C)nc21. The van der Waals surface area contributed by atoms with Crippen LogP contribution in [-0.4, -0.2) is 16.0 Å². The largest absolute Gasteiger partial charge is 0.423 e. The van der Waals surface area contributed by atoms with Crippen molar-refractivity contribution in [3.8, 4) is 5.75 Å². The number of nitrogens with zero attached hydrogens (tertiary/aromatic N) is 2. The lowest BCUT2D eigenvalue weighted by atomic mass is 10.2. The number of hydrogen-bond donors (Lipinski definition) is 0. The van der Waals surface area contributed by atoms with Gasteiger partial charge in [0.25, 0.3) is 6.47 Å². The zero-order valence-electron chi connectivity index (χ0n) is 9.94. The van der Waals surface area contributed by atoms with Crippen molar-refractivity contribution in [1.82, 2.24) is 9.55 Å². The Morgan fingerprint density at radius 3 is 2.89 bits per heavy atom. The second kappa shape index (κ2) is 4.56. The van der Waals surface area contributed by atoms with Gasteiger partial charge in [0.15, 0.2) is 5.75 Å². The third-order valence-corrected chi connectivity index (χ3v) is 2.59. The standard InChI is InChI=1S/C12H11FN2O3/c1-3-15-5-9(18-6-16)11(17)10-8(13)4-7(2)14-12(10)15/h4-6H,3H2,1-2H3. The lowest BCUT2D eigenvalue weighted by Gasteiger charge is -2.10. The highest BCUT2D eigenvalue weighted by atomic mass is 19.1. The molecule has 0 bridgehead atoms. The Morgan fingerprint density at radius 2 is 2.28 bits per heavy atom. The molecule has 0 N–H and O–H groups in total. The predicted molar refractivity (Wildman–Crippen MR) is 63.1 cm³/mol. The van der Waals surface area contributed by atoms with E-state index < -0.39 is 11.2 Å². The number of pyridine rings is 2. The van der Waals surface area contributed by atoms with Crippen molar-refractivity contribution < 1.29 is 13.9 Å². The smallest absolute Gasteiger partial charge is 0.298 e. The highest BCUT2D eigenvalue weighted by molar-refractivity contribution is 5.77. The van der Waals surface area contributed by atoms with E-state index >= 15 is 0 Å². The van der Waals surface area contributed by atoms with Crippen molar-refractivity contribution in [3.63, 3.8) is 0 Å². The van der Waals surface area contributed by atoms with Crippen LogP contribution in [0.1, 0.15) is 12.6 Å². The van der Waals surface area contributed by atoms with Gasteiger partial charge in [-0.3, -0.25) is 9.59 Å². The van der Waals surface area contributed by atoms with E-state index in [2.05, 4.69) is 9.72 Å². The second-order valence-corrected chi connectivity index (χ2v) is 3.77. The molecule has 0 unspecified atom stereocenters. The summed E-state index contributed by atoms with van der Waals surface area (Å²) in [6, 6.07) is 1.18. The average Bonchev–Trinajstić information content (AvgIpc) is 2.32. The lowest BCUT2D eigenvalue weighted by molar-refractivity contribution is -0.120. The summed E-state index contributed by atoms with van der Waals surface area (Å²) in [5, 5.41) is -0.165. The number of aryl methyl sites for hydroxylation is 2. The molecule has 2 aromatic heterocycles. The van der Waals surface area contributed by atoms with E-state index in [1.54, 1.807) is 11.5 Å². The molecule has 0 aliphatic heterocycles. The third kappa shape index (κ3) is 1.85. The van der Waals surface area contributed by atoms with E-state index in [1.165, 1.54) is 12.3 Å². The summed E-state index contributed by atoms with van der Waals surface area (Å²) in [6.45, 7) is 4.07. The first kappa shape index (κ1) is 12.2. The molecule has 0 aliphatic rings. The van der Waals surface area contributed by atoms with Crippen LogP contribution in [0.2, 0.25) is 0 Å². The van der Waals surface area contributed by atoms with Gasteiger partial charge >= 0.3 is 0 Å². The molecule has 0 saturated heterocycles. The molecule has 0 amide bonds. The van der Waals surface area contributed by atoms with E-state index in [9.17, 15) is 14.0 Å². The lowest BCUT2D eigenvalue weighted by Crippen LogP contribution is -2.15. The Labute approximate surface area is 102 Å². The van der Waals surface area contributed by atoms with E-state index in [0.717, 1.165) is 0 Å². The summed E-state index contributed by atoms with van der Waals surface area (Å²) in [6.07, 6.45) is 1.35. The van der Waals surface area contributed by atoms with Crippen LogP contribution in [0, 0.1) is 12.7 Å². The first-order chi connectivity index (χ1) is 8.58. The van der Waals surface area contributed by atoms with Crippen LogP contribution in [-0.2, 0) is 11.3 Å². The van der Waals surface area contributed by atoms with Gasteiger partial charge in [0.1, 0.15) is 16.9 Å². The highest BCUT2D eigenvalue weighted by Crippen LogP contribution is 2.17. The van der Waals surface area contributed by atoms with Gasteiger partial charge in [-0.15, -0.1) is 0 Å². The predicted octanol–water partition coefficient (Wildman–Crippen LogP) is 1.40. The Morgan fingerprint density at radius 1 is 1.56 bits per heavy atom. The van der Waals surface area contributed by atoms with E-state index in [0.29, 0.717) is 12.2 Å². The minimum atomic E-state index is -0.674. The van der Waals surface area contributed by atoms with Crippen molar-refractivity contribution in [2.24, 2.45) is 0 Å². The monoisotopic (exact) mass is 250 g/mol. The zero-order chi connectivity index (χ0) is 13.3. The quantitative estimate of drug-likeness (QED) is 0.772. The van der Waals surface area contributed by atoms with Gasteiger partial charge in [-0.25, -0.2) is 9.37 Å². The van der Waals surface area contributed by atoms with Crippen LogP contribution in [0.4, 0.5) is 4.39 Å². The summed E-state index contributed by atoms with van der Waals surface area (Å²) < 4.78 is 20.0. The van der Waals surface area contributed by atoms with Crippen LogP contribution in [0.5, 0.6) is 5.75 Å². The highest BCUT2D eigenvalue weighted by Gasteiger charge is 2.15. The average molecular weight is 250 g/mol. The number of carbonyl (C=O) groups is 1. The van der Waals surface area contributed by atoms with Gasteiger partial charge in [-0.05, 0) is 19.9 Å². The molecule has 18 heavy (non-hydrogen) atoms. The molecule has 2 rings (SSSR count). The first-order valence-corrected chi connectivity index (χ1v) is 5.39. The summed E-state index contributed by atoms with van der Waals surface area (Å²) in [5.41, 5.74) is 0.0516. The van der Waals surface area contributed by atoms with E-state index in [-0.39, 0.29) is 23.3 Å². The zero-order valence-corrected chi connectivity index (χ0v) is 9.94. The second-order valence-electron chi connectivity index (χ2n) is 3.77. The minimum Gasteiger partial charge on any atom is -0.423 e. The fourth-order valence-corrected chi connectivity index (χ4v) is 1.80. The number of carbonyl (C=O) groups excluding carboxylic acids is 1. The molecule has 6 heteroatoms. The summed E-state index contributed by atoms with van der Waals surface area (Å²) in [7, 11) is 0. The number of rotatable bonds is 3. The van der Waals surface area contributed by atoms with Gasteiger partial charge < -0.3 is 9.30 Å². The normalized spacial score (nSPS) is 10.6. The fourth-order valence-electron chi connectivity index (χ4n) is 1.80. The number of aromatic nitrogens is 2. The molecule has 0 atom stereocenters. The summed E-state index contributed by atoms with van der Waals surface area (Å²) in [4.78, 5) is 26.4. The van der Waals surface area contributed by atoms with Crippen LogP contribution in [0.15, 0.2) is 17.1 Å². The van der Waals surface area contributed by atoms with Crippen molar-refractivity contribution in [1.29, 1.82) is 0 Å². The Hall–Kier alpha value is -2.24. The molecule has 2 aromatic rings. The molecule has 2 heterocycles. The Bertz CT molecular complexity index is 679. The van der Waals surface area contributed by atoms with Crippen molar-refractivity contribution in [2.45, 2.75) is 20.4 Å². The maximum Gasteiger partial charge on any atom is 0.298 e.